The average Bonchev–Trinajstić information content (AvgIpc) is 1.88. The van der Waals surface area contributed by atoms with Crippen LogP contribution in [0.3, 0.4) is 0 Å². The Morgan fingerprint density at radius 2 is 2.09 bits per heavy atom. The first-order valence-electron chi connectivity index (χ1n) is 3.87. The SMILES string of the molecule is CCNC(=O)C(NP)C(C)C. The van der Waals surface area contributed by atoms with Crippen LogP contribution in [0.25, 0.3) is 0 Å². The third-order valence-electron chi connectivity index (χ3n) is 1.48. The van der Waals surface area contributed by atoms with Crippen LogP contribution in [0.15, 0.2) is 0 Å². The van der Waals surface area contributed by atoms with Crippen molar-refractivity contribution in [2.45, 2.75) is 26.8 Å². The normalized spacial score (nSPS) is 13.2. The van der Waals surface area contributed by atoms with Crippen LogP contribution in [0.1, 0.15) is 20.8 Å². The van der Waals surface area contributed by atoms with Crippen molar-refractivity contribution in [3.8, 4) is 0 Å². The number of likely N-dealkylation sites (N-methyl/N-ethyl adjacent to an activating group) is 1. The van der Waals surface area contributed by atoms with Gasteiger partial charge in [-0.05, 0) is 12.8 Å². The van der Waals surface area contributed by atoms with Gasteiger partial charge in [-0.3, -0.25) is 9.88 Å². The lowest BCUT2D eigenvalue weighted by Gasteiger charge is -2.18. The fourth-order valence-corrected chi connectivity index (χ4v) is 1.39. The largest absolute Gasteiger partial charge is 0.355 e. The minimum Gasteiger partial charge on any atom is -0.355 e. The van der Waals surface area contributed by atoms with Crippen LogP contribution in [0.5, 0.6) is 0 Å². The van der Waals surface area contributed by atoms with Gasteiger partial charge in [0.1, 0.15) is 0 Å². The third-order valence-corrected chi connectivity index (χ3v) is 1.84. The van der Waals surface area contributed by atoms with E-state index in [1.807, 2.05) is 20.8 Å². The number of rotatable bonds is 4. The highest BCUT2D eigenvalue weighted by molar-refractivity contribution is 7.13. The third kappa shape index (κ3) is 3.68. The lowest BCUT2D eigenvalue weighted by molar-refractivity contribution is -0.123. The van der Waals surface area contributed by atoms with Gasteiger partial charge in [0.2, 0.25) is 5.91 Å². The van der Waals surface area contributed by atoms with E-state index in [1.165, 1.54) is 0 Å². The van der Waals surface area contributed by atoms with Gasteiger partial charge in [0, 0.05) is 6.54 Å². The fourth-order valence-electron chi connectivity index (χ4n) is 0.855. The van der Waals surface area contributed by atoms with E-state index >= 15 is 0 Å². The molecule has 0 fully saturated rings. The van der Waals surface area contributed by atoms with Gasteiger partial charge in [0.25, 0.3) is 0 Å². The highest BCUT2D eigenvalue weighted by Gasteiger charge is 2.18. The molecule has 0 radical (unpaired) electrons. The van der Waals surface area contributed by atoms with Crippen molar-refractivity contribution in [1.82, 2.24) is 10.4 Å². The van der Waals surface area contributed by atoms with E-state index in [1.54, 1.807) is 0 Å². The molecule has 66 valence electrons. The molecule has 2 atom stereocenters. The summed E-state index contributed by atoms with van der Waals surface area (Å²) in [5, 5.41) is 5.65. The van der Waals surface area contributed by atoms with E-state index in [2.05, 4.69) is 19.8 Å². The maximum absolute atomic E-state index is 11.2. The number of carbonyl (C=O) groups is 1. The Bertz CT molecular complexity index is 128. The zero-order valence-electron chi connectivity index (χ0n) is 7.35. The molecule has 0 aromatic carbocycles. The summed E-state index contributed by atoms with van der Waals surface area (Å²) in [4.78, 5) is 11.2. The Morgan fingerprint density at radius 1 is 1.55 bits per heavy atom. The maximum atomic E-state index is 11.2. The van der Waals surface area contributed by atoms with Crippen LogP contribution in [0.2, 0.25) is 0 Å². The van der Waals surface area contributed by atoms with E-state index in [-0.39, 0.29) is 11.9 Å². The molecule has 0 aliphatic carbocycles. The molecule has 1 amide bonds. The Hall–Kier alpha value is -0.140. The minimum absolute atomic E-state index is 0.0671. The van der Waals surface area contributed by atoms with E-state index in [0.29, 0.717) is 12.5 Å². The van der Waals surface area contributed by atoms with Gasteiger partial charge in [-0.15, -0.1) is 0 Å². The number of hydrogen-bond acceptors (Lipinski definition) is 2. The first kappa shape index (κ1) is 10.9. The molecule has 0 aliphatic heterocycles. The summed E-state index contributed by atoms with van der Waals surface area (Å²) in [6, 6.07) is -0.0973. The van der Waals surface area contributed by atoms with Crippen LogP contribution in [0, 0.1) is 5.92 Å². The van der Waals surface area contributed by atoms with Crippen molar-refractivity contribution < 1.29 is 4.79 Å². The van der Waals surface area contributed by atoms with Gasteiger partial charge in [-0.2, -0.15) is 0 Å². The van der Waals surface area contributed by atoms with Crippen LogP contribution in [0.4, 0.5) is 0 Å². The summed E-state index contributed by atoms with van der Waals surface area (Å²) in [6.07, 6.45) is 0. The second kappa shape index (κ2) is 5.50. The molecule has 0 spiro atoms. The van der Waals surface area contributed by atoms with Gasteiger partial charge >= 0.3 is 0 Å². The quantitative estimate of drug-likeness (QED) is 0.613. The van der Waals surface area contributed by atoms with Crippen LogP contribution < -0.4 is 10.4 Å². The Kier molecular flexibility index (Phi) is 5.43. The van der Waals surface area contributed by atoms with Gasteiger partial charge < -0.3 is 5.32 Å². The summed E-state index contributed by atoms with van der Waals surface area (Å²) < 4.78 is 0. The Morgan fingerprint density at radius 3 is 2.36 bits per heavy atom. The van der Waals surface area contributed by atoms with Crippen molar-refractivity contribution in [3.63, 3.8) is 0 Å². The fraction of sp³-hybridized carbons (Fsp3) is 0.857. The Balaban J connectivity index is 3.92. The molecule has 0 saturated heterocycles. The van der Waals surface area contributed by atoms with E-state index in [4.69, 9.17) is 0 Å². The molecule has 0 rings (SSSR count). The standard InChI is InChI=1S/C7H17N2OP/c1-4-8-7(10)6(9-11)5(2)3/h5-6,9H,4,11H2,1-3H3,(H,8,10). The molecule has 0 saturated carbocycles. The van der Waals surface area contributed by atoms with Crippen molar-refractivity contribution in [2.75, 3.05) is 6.54 Å². The van der Waals surface area contributed by atoms with Crippen molar-refractivity contribution in [3.05, 3.63) is 0 Å². The smallest absolute Gasteiger partial charge is 0.237 e. The number of hydrogen-bond donors (Lipinski definition) is 2. The molecular formula is C7H17N2OP. The van der Waals surface area contributed by atoms with Crippen molar-refractivity contribution >= 4 is 15.3 Å². The Labute approximate surface area is 70.6 Å². The van der Waals surface area contributed by atoms with E-state index < -0.39 is 0 Å². The van der Waals surface area contributed by atoms with Crippen LogP contribution in [-0.4, -0.2) is 18.5 Å². The lowest BCUT2D eigenvalue weighted by atomic mass is 10.1. The average molecular weight is 176 g/mol. The van der Waals surface area contributed by atoms with E-state index in [0.717, 1.165) is 0 Å². The molecule has 4 heteroatoms. The topological polar surface area (TPSA) is 41.1 Å². The van der Waals surface area contributed by atoms with Crippen LogP contribution in [-0.2, 0) is 4.79 Å². The first-order chi connectivity index (χ1) is 5.13. The van der Waals surface area contributed by atoms with Gasteiger partial charge in [-0.25, -0.2) is 0 Å². The number of carbonyl (C=O) groups excluding carboxylic acids is 1. The second-order valence-electron chi connectivity index (χ2n) is 2.78. The molecule has 0 heterocycles. The number of nitrogens with one attached hydrogen (secondary N) is 2. The van der Waals surface area contributed by atoms with E-state index in [9.17, 15) is 4.79 Å². The van der Waals surface area contributed by atoms with Crippen LogP contribution >= 0.6 is 9.39 Å². The van der Waals surface area contributed by atoms with Crippen molar-refractivity contribution in [2.24, 2.45) is 5.92 Å². The van der Waals surface area contributed by atoms with Gasteiger partial charge in [0.05, 0.1) is 6.04 Å². The summed E-state index contributed by atoms with van der Waals surface area (Å²) in [7, 11) is 2.37. The minimum atomic E-state index is -0.0973. The molecule has 2 unspecified atom stereocenters. The highest BCUT2D eigenvalue weighted by Crippen LogP contribution is 2.02. The summed E-state index contributed by atoms with van der Waals surface area (Å²) in [5.41, 5.74) is 0. The van der Waals surface area contributed by atoms with Crippen molar-refractivity contribution in [1.29, 1.82) is 0 Å². The molecule has 0 aromatic heterocycles. The first-order valence-corrected chi connectivity index (χ1v) is 4.45. The van der Waals surface area contributed by atoms with Gasteiger partial charge in [0.15, 0.2) is 0 Å². The molecular weight excluding hydrogens is 159 g/mol. The predicted octanol–water partition coefficient (Wildman–Crippen LogP) is 0.527. The molecule has 0 bridgehead atoms. The zero-order valence-corrected chi connectivity index (χ0v) is 8.50. The zero-order chi connectivity index (χ0) is 8.85. The second-order valence-corrected chi connectivity index (χ2v) is 3.12. The molecule has 0 aromatic rings. The molecule has 11 heavy (non-hydrogen) atoms. The molecule has 2 N–H and O–H groups in total. The highest BCUT2D eigenvalue weighted by atomic mass is 31.0. The summed E-state index contributed by atoms with van der Waals surface area (Å²) in [5.74, 6) is 0.386. The molecule has 0 aliphatic rings. The summed E-state index contributed by atoms with van der Waals surface area (Å²) >= 11 is 0. The lowest BCUT2D eigenvalue weighted by Crippen LogP contribution is -2.43. The number of amides is 1. The monoisotopic (exact) mass is 176 g/mol. The predicted molar refractivity (Wildman–Crippen MR) is 50.2 cm³/mol. The summed E-state index contributed by atoms with van der Waals surface area (Å²) in [6.45, 7) is 6.63. The maximum Gasteiger partial charge on any atom is 0.237 e. The van der Waals surface area contributed by atoms with Gasteiger partial charge in [-0.1, -0.05) is 23.2 Å². The molecule has 3 nitrogen and oxygen atoms in total.